The highest BCUT2D eigenvalue weighted by atomic mass is 16.5. The highest BCUT2D eigenvalue weighted by Gasteiger charge is 2.28. The summed E-state index contributed by atoms with van der Waals surface area (Å²) in [5, 5.41) is 12.8. The topological polar surface area (TPSA) is 51.2 Å². The lowest BCUT2D eigenvalue weighted by molar-refractivity contribution is 0.245. The van der Waals surface area contributed by atoms with Crippen LogP contribution in [0.4, 0.5) is 0 Å². The minimum atomic E-state index is 0.294. The fraction of sp³-hybridized carbons (Fsp3) is 0.360. The molecule has 156 valence electrons. The van der Waals surface area contributed by atoms with Crippen LogP contribution >= 0.6 is 0 Å². The van der Waals surface area contributed by atoms with Crippen LogP contribution in [0, 0.1) is 0 Å². The van der Waals surface area contributed by atoms with Gasteiger partial charge in [-0.1, -0.05) is 18.2 Å². The van der Waals surface area contributed by atoms with Crippen molar-refractivity contribution in [3.63, 3.8) is 0 Å². The molecule has 0 amide bonds. The molecule has 0 unspecified atom stereocenters. The first kappa shape index (κ1) is 19.1. The molecule has 2 aliphatic rings. The summed E-state index contributed by atoms with van der Waals surface area (Å²) in [6.45, 7) is 3.08. The Bertz CT molecular complexity index is 1060. The van der Waals surface area contributed by atoms with Gasteiger partial charge in [0.25, 0.3) is 0 Å². The van der Waals surface area contributed by atoms with Crippen molar-refractivity contribution in [2.45, 2.75) is 31.8 Å². The lowest BCUT2D eigenvalue weighted by atomic mass is 10.0. The smallest absolute Gasteiger partial charge is 0.161 e. The van der Waals surface area contributed by atoms with Gasteiger partial charge in [-0.05, 0) is 66.1 Å². The second-order valence-electron chi connectivity index (χ2n) is 8.04. The molecule has 3 aromatic rings. The highest BCUT2D eigenvalue weighted by Crippen LogP contribution is 2.40. The number of phenolic OH excluding ortho intramolecular Hbond substituents is 1. The third-order valence-corrected chi connectivity index (χ3v) is 6.20. The van der Waals surface area contributed by atoms with Crippen LogP contribution in [0.5, 0.6) is 23.0 Å². The van der Waals surface area contributed by atoms with Crippen LogP contribution < -0.4 is 14.2 Å². The minimum absolute atomic E-state index is 0.294. The zero-order chi connectivity index (χ0) is 20.5. The second-order valence-corrected chi connectivity index (χ2v) is 8.04. The molecule has 1 saturated heterocycles. The van der Waals surface area contributed by atoms with Crippen LogP contribution in [0.1, 0.15) is 36.4 Å². The quantitative estimate of drug-likeness (QED) is 0.658. The first-order valence-corrected chi connectivity index (χ1v) is 10.6. The van der Waals surface area contributed by atoms with Gasteiger partial charge in [0.2, 0.25) is 0 Å². The van der Waals surface area contributed by atoms with E-state index in [0.29, 0.717) is 31.5 Å². The Morgan fingerprint density at radius 3 is 2.70 bits per heavy atom. The molecular formula is C25H27NO4. The van der Waals surface area contributed by atoms with Crippen molar-refractivity contribution in [3.05, 3.63) is 59.7 Å². The normalized spacial score (nSPS) is 19.0. The van der Waals surface area contributed by atoms with E-state index in [4.69, 9.17) is 14.2 Å². The lowest BCUT2D eigenvalue weighted by Gasteiger charge is -2.26. The number of hydrogen-bond donors (Lipinski definition) is 1. The SMILES string of the molecule is COc1ccc2ccc(O)c(CN3CCC[C@H]3c3ccc4c(c3)OCCCO4)c2c1. The largest absolute Gasteiger partial charge is 0.508 e. The van der Waals surface area contributed by atoms with Crippen molar-refractivity contribution >= 4 is 10.8 Å². The van der Waals surface area contributed by atoms with Crippen LogP contribution in [-0.4, -0.2) is 36.9 Å². The van der Waals surface area contributed by atoms with Gasteiger partial charge in [-0.25, -0.2) is 0 Å². The number of fused-ring (bicyclic) bond motifs is 2. The summed E-state index contributed by atoms with van der Waals surface area (Å²) in [6.07, 6.45) is 3.13. The van der Waals surface area contributed by atoms with E-state index in [1.54, 1.807) is 13.2 Å². The molecule has 1 fully saturated rings. The van der Waals surface area contributed by atoms with Crippen LogP contribution in [0.25, 0.3) is 10.8 Å². The molecule has 0 radical (unpaired) electrons. The zero-order valence-electron chi connectivity index (χ0n) is 17.3. The number of aromatic hydroxyl groups is 1. The minimum Gasteiger partial charge on any atom is -0.508 e. The van der Waals surface area contributed by atoms with Gasteiger partial charge in [-0.15, -0.1) is 0 Å². The number of nitrogens with zero attached hydrogens (tertiary/aromatic N) is 1. The van der Waals surface area contributed by atoms with Crippen molar-refractivity contribution in [2.24, 2.45) is 0 Å². The molecule has 0 aromatic heterocycles. The maximum absolute atomic E-state index is 10.7. The van der Waals surface area contributed by atoms with Crippen LogP contribution in [-0.2, 0) is 6.54 Å². The van der Waals surface area contributed by atoms with Crippen molar-refractivity contribution in [3.8, 4) is 23.0 Å². The summed E-state index contributed by atoms with van der Waals surface area (Å²) >= 11 is 0. The molecule has 1 N–H and O–H groups in total. The van der Waals surface area contributed by atoms with Crippen LogP contribution in [0.2, 0.25) is 0 Å². The molecular weight excluding hydrogens is 378 g/mol. The third kappa shape index (κ3) is 3.54. The number of methoxy groups -OCH3 is 1. The van der Waals surface area contributed by atoms with Gasteiger partial charge in [0, 0.05) is 24.6 Å². The maximum atomic E-state index is 10.7. The number of hydrogen-bond acceptors (Lipinski definition) is 5. The van der Waals surface area contributed by atoms with Gasteiger partial charge < -0.3 is 19.3 Å². The molecule has 2 heterocycles. The number of rotatable bonds is 4. The Morgan fingerprint density at radius 1 is 1.00 bits per heavy atom. The molecule has 0 saturated carbocycles. The van der Waals surface area contributed by atoms with E-state index in [9.17, 15) is 5.11 Å². The molecule has 5 heteroatoms. The predicted octanol–water partition coefficient (Wildman–Crippen LogP) is 5.05. The Kier molecular flexibility index (Phi) is 5.13. The number of phenols is 1. The van der Waals surface area contributed by atoms with Crippen LogP contribution in [0.15, 0.2) is 48.5 Å². The first-order valence-electron chi connectivity index (χ1n) is 10.6. The molecule has 5 rings (SSSR count). The van der Waals surface area contributed by atoms with Gasteiger partial charge in [-0.2, -0.15) is 0 Å². The Labute approximate surface area is 176 Å². The van der Waals surface area contributed by atoms with Crippen molar-refractivity contribution < 1.29 is 19.3 Å². The average molecular weight is 405 g/mol. The van der Waals surface area contributed by atoms with E-state index in [1.165, 1.54) is 5.56 Å². The summed E-state index contributed by atoms with van der Waals surface area (Å²) in [6, 6.07) is 16.4. The Morgan fingerprint density at radius 2 is 1.83 bits per heavy atom. The molecule has 0 spiro atoms. The van der Waals surface area contributed by atoms with Gasteiger partial charge in [0.05, 0.1) is 20.3 Å². The number of benzene rings is 3. The fourth-order valence-electron chi connectivity index (χ4n) is 4.63. The van der Waals surface area contributed by atoms with Gasteiger partial charge in [-0.3, -0.25) is 4.90 Å². The van der Waals surface area contributed by atoms with Crippen molar-refractivity contribution in [1.82, 2.24) is 4.90 Å². The molecule has 3 aromatic carbocycles. The number of likely N-dealkylation sites (tertiary alicyclic amines) is 1. The second kappa shape index (κ2) is 8.07. The zero-order valence-corrected chi connectivity index (χ0v) is 17.3. The summed E-state index contributed by atoms with van der Waals surface area (Å²) < 4.78 is 17.1. The van der Waals surface area contributed by atoms with Crippen molar-refractivity contribution in [2.75, 3.05) is 26.9 Å². The standard InChI is InChI=1S/C25H27NO4/c1-28-19-8-5-17-6-9-23(27)21(20(17)15-19)16-26-11-2-4-22(26)18-7-10-24-25(14-18)30-13-3-12-29-24/h5-10,14-15,22,27H,2-4,11-13,16H2,1H3/t22-/m0/s1. The van der Waals surface area contributed by atoms with E-state index in [1.807, 2.05) is 30.3 Å². The van der Waals surface area contributed by atoms with E-state index >= 15 is 0 Å². The average Bonchev–Trinajstić information content (AvgIpc) is 3.11. The van der Waals surface area contributed by atoms with Gasteiger partial charge in [0.1, 0.15) is 11.5 Å². The molecule has 2 aliphatic heterocycles. The first-order chi connectivity index (χ1) is 14.7. The van der Waals surface area contributed by atoms with E-state index in [2.05, 4.69) is 17.0 Å². The van der Waals surface area contributed by atoms with E-state index in [-0.39, 0.29) is 0 Å². The van der Waals surface area contributed by atoms with Crippen molar-refractivity contribution in [1.29, 1.82) is 0 Å². The molecule has 1 atom stereocenters. The predicted molar refractivity (Wildman–Crippen MR) is 117 cm³/mol. The molecule has 5 nitrogen and oxygen atoms in total. The monoisotopic (exact) mass is 405 g/mol. The van der Waals surface area contributed by atoms with E-state index in [0.717, 1.165) is 59.4 Å². The summed E-state index contributed by atoms with van der Waals surface area (Å²) in [5.41, 5.74) is 2.20. The highest BCUT2D eigenvalue weighted by molar-refractivity contribution is 5.89. The molecule has 0 aliphatic carbocycles. The van der Waals surface area contributed by atoms with Gasteiger partial charge >= 0.3 is 0 Å². The number of ether oxygens (including phenoxy) is 3. The molecule has 30 heavy (non-hydrogen) atoms. The van der Waals surface area contributed by atoms with Gasteiger partial charge in [0.15, 0.2) is 11.5 Å². The fourth-order valence-corrected chi connectivity index (χ4v) is 4.63. The molecule has 0 bridgehead atoms. The van der Waals surface area contributed by atoms with Crippen LogP contribution in [0.3, 0.4) is 0 Å². The summed E-state index contributed by atoms with van der Waals surface area (Å²) in [4.78, 5) is 2.45. The Hall–Kier alpha value is -2.92. The maximum Gasteiger partial charge on any atom is 0.161 e. The lowest BCUT2D eigenvalue weighted by Crippen LogP contribution is -2.23. The third-order valence-electron chi connectivity index (χ3n) is 6.20. The van der Waals surface area contributed by atoms with E-state index < -0.39 is 0 Å². The summed E-state index contributed by atoms with van der Waals surface area (Å²) in [5.74, 6) is 2.81. The Balaban J connectivity index is 1.47. The summed E-state index contributed by atoms with van der Waals surface area (Å²) in [7, 11) is 1.67.